The van der Waals surface area contributed by atoms with E-state index < -0.39 is 11.7 Å². The van der Waals surface area contributed by atoms with E-state index in [4.69, 9.17) is 0 Å². The molecule has 3 aromatic carbocycles. The summed E-state index contributed by atoms with van der Waals surface area (Å²) in [6.07, 6.45) is -0.615. The Balaban J connectivity index is 1.23. The van der Waals surface area contributed by atoms with Crippen LogP contribution in [0.4, 0.5) is 13.2 Å². The lowest BCUT2D eigenvalue weighted by Gasteiger charge is -2.22. The molecule has 0 saturated carbocycles. The highest BCUT2D eigenvalue weighted by Crippen LogP contribution is 2.34. The van der Waals surface area contributed by atoms with Gasteiger partial charge in [-0.15, -0.1) is 21.5 Å². The predicted molar refractivity (Wildman–Crippen MR) is 173 cm³/mol. The van der Waals surface area contributed by atoms with Gasteiger partial charge in [0.2, 0.25) is 0 Å². The van der Waals surface area contributed by atoms with Crippen LogP contribution in [0.25, 0.3) is 17.1 Å². The number of amides is 1. The van der Waals surface area contributed by atoms with Crippen molar-refractivity contribution in [3.05, 3.63) is 142 Å². The van der Waals surface area contributed by atoms with E-state index in [-0.39, 0.29) is 11.6 Å². The summed E-state index contributed by atoms with van der Waals surface area (Å²) in [4.78, 5) is 24.3. The average molecular weight is 657 g/mol. The Morgan fingerprint density at radius 3 is 2.37 bits per heavy atom. The molecular formula is C34H27F3N6OS2. The standard InChI is InChI=1S/C34H27F3N6OS2/c35-34(36,37)27-14-7-15-28(19-27)43-31(26-13-8-17-38-20-26)40-41-33(43)46-23-30-39-29(22-45-30)32(44)42(21-25-11-5-2-6-12-25)18-16-24-9-3-1-4-10-24/h1-15,17,19-20,22H,16,18,21,23H2. The Morgan fingerprint density at radius 2 is 1.65 bits per heavy atom. The molecule has 0 unspecified atom stereocenters. The van der Waals surface area contributed by atoms with Crippen molar-refractivity contribution in [1.82, 2.24) is 29.6 Å². The summed E-state index contributed by atoms with van der Waals surface area (Å²) >= 11 is 2.63. The van der Waals surface area contributed by atoms with Crippen LogP contribution in [0.2, 0.25) is 0 Å². The smallest absolute Gasteiger partial charge is 0.333 e. The highest BCUT2D eigenvalue weighted by Gasteiger charge is 2.31. The van der Waals surface area contributed by atoms with Gasteiger partial charge in [0.05, 0.1) is 17.0 Å². The molecule has 7 nitrogen and oxygen atoms in total. The topological polar surface area (TPSA) is 76.8 Å². The first-order chi connectivity index (χ1) is 22.3. The summed E-state index contributed by atoms with van der Waals surface area (Å²) in [5.74, 6) is 0.531. The molecule has 0 aliphatic rings. The molecule has 6 rings (SSSR count). The summed E-state index contributed by atoms with van der Waals surface area (Å²) in [5.41, 5.74) is 2.61. The fourth-order valence-electron chi connectivity index (χ4n) is 4.83. The summed E-state index contributed by atoms with van der Waals surface area (Å²) in [5, 5.41) is 11.4. The zero-order valence-electron chi connectivity index (χ0n) is 24.3. The highest BCUT2D eigenvalue weighted by molar-refractivity contribution is 7.98. The van der Waals surface area contributed by atoms with Crippen LogP contribution in [0.3, 0.4) is 0 Å². The van der Waals surface area contributed by atoms with Gasteiger partial charge in [0, 0.05) is 36.4 Å². The largest absolute Gasteiger partial charge is 0.416 e. The van der Waals surface area contributed by atoms with Gasteiger partial charge in [0.1, 0.15) is 10.7 Å². The van der Waals surface area contributed by atoms with Gasteiger partial charge in [0.25, 0.3) is 5.91 Å². The van der Waals surface area contributed by atoms with Crippen LogP contribution in [0.15, 0.2) is 120 Å². The third kappa shape index (κ3) is 7.52. The molecule has 0 N–H and O–H groups in total. The predicted octanol–water partition coefficient (Wildman–Crippen LogP) is 7.98. The van der Waals surface area contributed by atoms with Crippen LogP contribution >= 0.6 is 23.1 Å². The van der Waals surface area contributed by atoms with E-state index >= 15 is 0 Å². The van der Waals surface area contributed by atoms with Crippen molar-refractivity contribution in [3.63, 3.8) is 0 Å². The third-order valence-corrected chi connectivity index (χ3v) is 9.07. The number of thioether (sulfide) groups is 1. The van der Waals surface area contributed by atoms with Crippen LogP contribution < -0.4 is 0 Å². The molecule has 232 valence electrons. The van der Waals surface area contributed by atoms with Crippen LogP contribution in [-0.4, -0.2) is 42.1 Å². The minimum absolute atomic E-state index is 0.168. The number of hydrogen-bond acceptors (Lipinski definition) is 7. The first-order valence-electron chi connectivity index (χ1n) is 14.3. The van der Waals surface area contributed by atoms with Crippen LogP contribution in [0, 0.1) is 0 Å². The number of benzene rings is 3. The molecular weight excluding hydrogens is 630 g/mol. The van der Waals surface area contributed by atoms with E-state index in [1.807, 2.05) is 60.7 Å². The van der Waals surface area contributed by atoms with Crippen molar-refractivity contribution in [1.29, 1.82) is 0 Å². The quantitative estimate of drug-likeness (QED) is 0.132. The van der Waals surface area contributed by atoms with Gasteiger partial charge in [-0.05, 0) is 47.9 Å². The number of thiazole rings is 1. The Labute approximate surface area is 271 Å². The number of nitrogens with zero attached hydrogens (tertiary/aromatic N) is 6. The van der Waals surface area contributed by atoms with Crippen molar-refractivity contribution < 1.29 is 18.0 Å². The maximum atomic E-state index is 13.7. The van der Waals surface area contributed by atoms with E-state index in [0.29, 0.717) is 52.5 Å². The molecule has 0 aliphatic carbocycles. The lowest BCUT2D eigenvalue weighted by molar-refractivity contribution is -0.137. The SMILES string of the molecule is O=C(c1csc(CSc2nnc(-c3cccnc3)n2-c2cccc(C(F)(F)F)c2)n1)N(CCc1ccccc1)Cc1ccccc1. The Kier molecular flexibility index (Phi) is 9.55. The minimum Gasteiger partial charge on any atom is -0.333 e. The number of alkyl halides is 3. The Bertz CT molecular complexity index is 1900. The van der Waals surface area contributed by atoms with Crippen LogP contribution in [0.5, 0.6) is 0 Å². The van der Waals surface area contributed by atoms with Gasteiger partial charge >= 0.3 is 6.18 Å². The van der Waals surface area contributed by atoms with Crippen molar-refractivity contribution in [2.75, 3.05) is 6.54 Å². The summed E-state index contributed by atoms with van der Waals surface area (Å²) in [6, 6.07) is 28.4. The summed E-state index contributed by atoms with van der Waals surface area (Å²) < 4.78 is 42.4. The van der Waals surface area contributed by atoms with Crippen LogP contribution in [-0.2, 0) is 24.9 Å². The van der Waals surface area contributed by atoms with Crippen molar-refractivity contribution >= 4 is 29.0 Å². The highest BCUT2D eigenvalue weighted by atomic mass is 32.2. The fraction of sp³-hybridized carbons (Fsp3) is 0.147. The molecule has 3 aromatic heterocycles. The first-order valence-corrected chi connectivity index (χ1v) is 16.2. The zero-order chi connectivity index (χ0) is 31.9. The second-order valence-electron chi connectivity index (χ2n) is 10.3. The fourth-order valence-corrected chi connectivity index (χ4v) is 6.57. The number of halogens is 3. The summed E-state index contributed by atoms with van der Waals surface area (Å²) in [7, 11) is 0. The molecule has 6 aromatic rings. The molecule has 0 atom stereocenters. The Hall–Kier alpha value is -4.81. The van der Waals surface area contributed by atoms with Crippen molar-refractivity contribution in [2.24, 2.45) is 0 Å². The minimum atomic E-state index is -4.51. The normalized spacial score (nSPS) is 11.5. The van der Waals surface area contributed by atoms with Gasteiger partial charge in [-0.1, -0.05) is 78.5 Å². The number of carbonyl (C=O) groups excluding carboxylic acids is 1. The maximum Gasteiger partial charge on any atom is 0.416 e. The monoisotopic (exact) mass is 656 g/mol. The van der Waals surface area contributed by atoms with Gasteiger partial charge in [-0.25, -0.2) is 4.98 Å². The summed E-state index contributed by atoms with van der Waals surface area (Å²) in [6.45, 7) is 0.974. The molecule has 0 saturated heterocycles. The number of rotatable bonds is 11. The average Bonchev–Trinajstić information content (AvgIpc) is 3.74. The maximum absolute atomic E-state index is 13.7. The van der Waals surface area contributed by atoms with E-state index in [1.54, 1.807) is 45.4 Å². The van der Waals surface area contributed by atoms with Gasteiger partial charge in [-0.2, -0.15) is 13.2 Å². The zero-order valence-corrected chi connectivity index (χ0v) is 26.0. The lowest BCUT2D eigenvalue weighted by Crippen LogP contribution is -2.32. The number of hydrogen-bond donors (Lipinski definition) is 0. The second-order valence-corrected chi connectivity index (χ2v) is 12.2. The molecule has 1 amide bonds. The number of carbonyl (C=O) groups is 1. The van der Waals surface area contributed by atoms with E-state index in [1.165, 1.54) is 29.2 Å². The first kappa shape index (κ1) is 31.2. The molecule has 12 heteroatoms. The second kappa shape index (κ2) is 14.1. The molecule has 0 aliphatic heterocycles. The lowest BCUT2D eigenvalue weighted by atomic mass is 10.1. The molecule has 0 fully saturated rings. The van der Waals surface area contributed by atoms with Gasteiger partial charge < -0.3 is 4.90 Å². The van der Waals surface area contributed by atoms with E-state index in [0.717, 1.165) is 23.3 Å². The van der Waals surface area contributed by atoms with Crippen LogP contribution in [0.1, 0.15) is 32.2 Å². The Morgan fingerprint density at radius 1 is 0.891 bits per heavy atom. The molecule has 0 bridgehead atoms. The van der Waals surface area contributed by atoms with Gasteiger partial charge in [0.15, 0.2) is 11.0 Å². The van der Waals surface area contributed by atoms with Crippen molar-refractivity contribution in [3.8, 4) is 17.1 Å². The van der Waals surface area contributed by atoms with Gasteiger partial charge in [-0.3, -0.25) is 14.3 Å². The molecule has 0 radical (unpaired) electrons. The van der Waals surface area contributed by atoms with E-state index in [2.05, 4.69) is 20.2 Å². The number of aromatic nitrogens is 5. The number of pyridine rings is 1. The molecule has 0 spiro atoms. The third-order valence-electron chi connectivity index (χ3n) is 7.10. The van der Waals surface area contributed by atoms with E-state index in [9.17, 15) is 18.0 Å². The van der Waals surface area contributed by atoms with Crippen molar-refractivity contribution in [2.45, 2.75) is 30.1 Å². The molecule has 46 heavy (non-hydrogen) atoms. The molecule has 3 heterocycles.